The van der Waals surface area contributed by atoms with Gasteiger partial charge in [-0.05, 0) is 50.5 Å². The average molecular weight is 395 g/mol. The maximum absolute atomic E-state index is 12.1. The minimum absolute atomic E-state index is 0.172. The summed E-state index contributed by atoms with van der Waals surface area (Å²) in [6.45, 7) is 10.2. The van der Waals surface area contributed by atoms with Crippen molar-refractivity contribution >= 4 is 28.8 Å². The van der Waals surface area contributed by atoms with Crippen molar-refractivity contribution < 1.29 is 0 Å². The number of aromatic amines is 2. The van der Waals surface area contributed by atoms with Gasteiger partial charge in [-0.1, -0.05) is 20.3 Å². The van der Waals surface area contributed by atoms with E-state index in [-0.39, 0.29) is 5.56 Å². The quantitative estimate of drug-likeness (QED) is 0.372. The van der Waals surface area contributed by atoms with Gasteiger partial charge in [-0.15, -0.1) is 0 Å². The molecule has 3 N–H and O–H groups in total. The van der Waals surface area contributed by atoms with E-state index in [1.807, 2.05) is 12.1 Å². The number of rotatable bonds is 9. The Bertz CT molecular complexity index is 1050. The Labute approximate surface area is 171 Å². The highest BCUT2D eigenvalue weighted by molar-refractivity contribution is 5.87. The Kier molecular flexibility index (Phi) is 6.69. The summed E-state index contributed by atoms with van der Waals surface area (Å²) in [6.07, 6.45) is 4.74. The van der Waals surface area contributed by atoms with Crippen LogP contribution in [-0.2, 0) is 0 Å². The van der Waals surface area contributed by atoms with E-state index in [2.05, 4.69) is 64.1 Å². The van der Waals surface area contributed by atoms with Gasteiger partial charge in [0.2, 0.25) is 5.95 Å². The summed E-state index contributed by atoms with van der Waals surface area (Å²) in [4.78, 5) is 25.0. The fourth-order valence-corrected chi connectivity index (χ4v) is 3.33. The first-order valence-electron chi connectivity index (χ1n) is 10.3. The first kappa shape index (κ1) is 20.6. The van der Waals surface area contributed by atoms with E-state index < -0.39 is 0 Å². The molecular weight excluding hydrogens is 364 g/mol. The van der Waals surface area contributed by atoms with E-state index in [4.69, 9.17) is 0 Å². The Hall–Kier alpha value is -3.09. The lowest BCUT2D eigenvalue weighted by Crippen LogP contribution is -2.29. The highest BCUT2D eigenvalue weighted by Crippen LogP contribution is 2.24. The molecule has 2 aromatic heterocycles. The van der Waals surface area contributed by atoms with Crippen molar-refractivity contribution in [3.63, 3.8) is 0 Å². The van der Waals surface area contributed by atoms with Crippen LogP contribution in [0.2, 0.25) is 0 Å². The molecule has 0 spiro atoms. The Balaban J connectivity index is 1.77. The predicted octanol–water partition coefficient (Wildman–Crippen LogP) is 4.33. The molecule has 0 atom stereocenters. The van der Waals surface area contributed by atoms with Crippen molar-refractivity contribution in [2.24, 2.45) is 5.10 Å². The van der Waals surface area contributed by atoms with Crippen LogP contribution in [0.3, 0.4) is 0 Å². The van der Waals surface area contributed by atoms with Gasteiger partial charge in [-0.2, -0.15) is 5.10 Å². The average Bonchev–Trinajstić information content (AvgIpc) is 2.98. The van der Waals surface area contributed by atoms with Crippen LogP contribution in [-0.4, -0.2) is 34.3 Å². The summed E-state index contributed by atoms with van der Waals surface area (Å²) >= 11 is 0. The lowest BCUT2D eigenvalue weighted by atomic mass is 10.1. The van der Waals surface area contributed by atoms with E-state index in [1.54, 1.807) is 6.21 Å². The number of benzene rings is 1. The van der Waals surface area contributed by atoms with Crippen LogP contribution in [0.4, 0.5) is 11.6 Å². The second-order valence-corrected chi connectivity index (χ2v) is 7.34. The molecule has 3 rings (SSSR count). The van der Waals surface area contributed by atoms with Gasteiger partial charge >= 0.3 is 0 Å². The normalized spacial score (nSPS) is 11.4. The molecule has 1 aromatic carbocycles. The zero-order valence-corrected chi connectivity index (χ0v) is 17.7. The molecule has 7 nitrogen and oxygen atoms in total. The van der Waals surface area contributed by atoms with E-state index in [0.29, 0.717) is 11.6 Å². The molecule has 0 saturated heterocycles. The van der Waals surface area contributed by atoms with Crippen molar-refractivity contribution in [3.05, 3.63) is 51.6 Å². The standard InChI is InChI=1S/C22H30N6O/c1-5-7-11-28(10-6-2)22-25-18(13-21(29)26-22)14-23-27-17-8-9-20-19(12-17)15(3)16(4)24-20/h8-9,12-14,24,27H,5-7,10-11H2,1-4H3,(H,25,26,29)/b23-14+. The van der Waals surface area contributed by atoms with Crippen molar-refractivity contribution in [1.82, 2.24) is 15.0 Å². The molecule has 0 unspecified atom stereocenters. The number of hydrazone groups is 1. The molecule has 3 aromatic rings. The largest absolute Gasteiger partial charge is 0.358 e. The molecule has 0 aliphatic carbocycles. The van der Waals surface area contributed by atoms with Crippen LogP contribution >= 0.6 is 0 Å². The molecule has 154 valence electrons. The molecule has 2 heterocycles. The fraction of sp³-hybridized carbons (Fsp3) is 0.409. The van der Waals surface area contributed by atoms with E-state index in [0.717, 1.165) is 43.6 Å². The summed E-state index contributed by atoms with van der Waals surface area (Å²) in [6, 6.07) is 7.53. The van der Waals surface area contributed by atoms with Gasteiger partial charge in [0, 0.05) is 35.8 Å². The van der Waals surface area contributed by atoms with Crippen LogP contribution in [0.15, 0.2) is 34.2 Å². The molecule has 0 fully saturated rings. The minimum atomic E-state index is -0.172. The van der Waals surface area contributed by atoms with E-state index in [9.17, 15) is 4.79 Å². The van der Waals surface area contributed by atoms with Crippen LogP contribution < -0.4 is 15.9 Å². The first-order valence-corrected chi connectivity index (χ1v) is 10.3. The second-order valence-electron chi connectivity index (χ2n) is 7.34. The third-order valence-corrected chi connectivity index (χ3v) is 5.02. The van der Waals surface area contributed by atoms with Gasteiger partial charge in [-0.3, -0.25) is 15.2 Å². The van der Waals surface area contributed by atoms with Gasteiger partial charge in [-0.25, -0.2) is 4.98 Å². The predicted molar refractivity (Wildman–Crippen MR) is 121 cm³/mol. The molecule has 0 aliphatic rings. The van der Waals surface area contributed by atoms with Crippen LogP contribution in [0.1, 0.15) is 50.1 Å². The highest BCUT2D eigenvalue weighted by atomic mass is 16.1. The first-order chi connectivity index (χ1) is 14.0. The number of hydrogen-bond donors (Lipinski definition) is 3. The SMILES string of the molecule is CCCCN(CCC)c1nc(/C=N/Nc2ccc3[nH]c(C)c(C)c3c2)cc(=O)[nH]1. The van der Waals surface area contributed by atoms with Crippen molar-refractivity contribution in [2.45, 2.75) is 47.0 Å². The lowest BCUT2D eigenvalue weighted by molar-refractivity contribution is 0.685. The molecule has 0 saturated carbocycles. The zero-order chi connectivity index (χ0) is 20.8. The number of aryl methyl sites for hydroxylation is 2. The van der Waals surface area contributed by atoms with E-state index in [1.165, 1.54) is 22.7 Å². The fourth-order valence-electron chi connectivity index (χ4n) is 3.33. The summed E-state index contributed by atoms with van der Waals surface area (Å²) < 4.78 is 0. The van der Waals surface area contributed by atoms with Crippen LogP contribution in [0.25, 0.3) is 10.9 Å². The minimum Gasteiger partial charge on any atom is -0.358 e. The van der Waals surface area contributed by atoms with Crippen LogP contribution in [0, 0.1) is 13.8 Å². The number of anilines is 2. The maximum atomic E-state index is 12.1. The molecule has 0 radical (unpaired) electrons. The number of aromatic nitrogens is 3. The van der Waals surface area contributed by atoms with Crippen molar-refractivity contribution in [2.75, 3.05) is 23.4 Å². The highest BCUT2D eigenvalue weighted by Gasteiger charge is 2.09. The van der Waals surface area contributed by atoms with E-state index >= 15 is 0 Å². The summed E-state index contributed by atoms with van der Waals surface area (Å²) in [7, 11) is 0. The van der Waals surface area contributed by atoms with Crippen molar-refractivity contribution in [1.29, 1.82) is 0 Å². The molecular formula is C22H30N6O. The third kappa shape index (κ3) is 5.04. The number of H-pyrrole nitrogens is 2. The van der Waals surface area contributed by atoms with Crippen LogP contribution in [0.5, 0.6) is 0 Å². The number of nitrogens with zero attached hydrogens (tertiary/aromatic N) is 3. The van der Waals surface area contributed by atoms with Gasteiger partial charge in [0.15, 0.2) is 0 Å². The van der Waals surface area contributed by atoms with Crippen molar-refractivity contribution in [3.8, 4) is 0 Å². The summed E-state index contributed by atoms with van der Waals surface area (Å²) in [5.41, 5.74) is 7.79. The third-order valence-electron chi connectivity index (χ3n) is 5.02. The Morgan fingerprint density at radius 3 is 2.72 bits per heavy atom. The number of unbranched alkanes of at least 4 members (excludes halogenated alkanes) is 1. The number of fused-ring (bicyclic) bond motifs is 1. The van der Waals surface area contributed by atoms with Gasteiger partial charge in [0.1, 0.15) is 0 Å². The Morgan fingerprint density at radius 2 is 1.97 bits per heavy atom. The molecule has 0 bridgehead atoms. The zero-order valence-electron chi connectivity index (χ0n) is 17.7. The lowest BCUT2D eigenvalue weighted by Gasteiger charge is -2.22. The second kappa shape index (κ2) is 9.41. The Morgan fingerprint density at radius 1 is 1.14 bits per heavy atom. The number of hydrogen-bond acceptors (Lipinski definition) is 5. The van der Waals surface area contributed by atoms with Gasteiger partial charge < -0.3 is 9.88 Å². The summed E-state index contributed by atoms with van der Waals surface area (Å²) in [5, 5.41) is 5.46. The topological polar surface area (TPSA) is 89.2 Å². The molecule has 29 heavy (non-hydrogen) atoms. The van der Waals surface area contributed by atoms with Gasteiger partial charge in [0.25, 0.3) is 5.56 Å². The monoisotopic (exact) mass is 394 g/mol. The molecule has 0 aliphatic heterocycles. The summed E-state index contributed by atoms with van der Waals surface area (Å²) in [5.74, 6) is 0.606. The van der Waals surface area contributed by atoms with Gasteiger partial charge in [0.05, 0.1) is 17.6 Å². The molecule has 0 amide bonds. The molecule has 7 heteroatoms. The maximum Gasteiger partial charge on any atom is 0.252 e. The smallest absolute Gasteiger partial charge is 0.252 e. The number of nitrogens with one attached hydrogen (secondary N) is 3.